The predicted octanol–water partition coefficient (Wildman–Crippen LogP) is 4.25. The van der Waals surface area contributed by atoms with E-state index in [0.29, 0.717) is 5.56 Å². The Morgan fingerprint density at radius 2 is 1.41 bits per heavy atom. The van der Waals surface area contributed by atoms with E-state index >= 15 is 0 Å². The fraction of sp³-hybridized carbons (Fsp3) is 0.222. The number of hydrogen-bond acceptors (Lipinski definition) is 4. The van der Waals surface area contributed by atoms with Crippen molar-refractivity contribution >= 4 is 18.0 Å². The highest BCUT2D eigenvalue weighted by Gasteiger charge is 2.30. The molecule has 3 aromatic rings. The molecular formula is C27H26N2O5. The summed E-state index contributed by atoms with van der Waals surface area (Å²) in [6.07, 6.45) is -0.949. The van der Waals surface area contributed by atoms with Crippen LogP contribution in [0.2, 0.25) is 0 Å². The molecule has 0 radical (unpaired) electrons. The molecule has 0 saturated carbocycles. The zero-order chi connectivity index (χ0) is 24.1. The van der Waals surface area contributed by atoms with E-state index in [4.69, 9.17) is 9.84 Å². The number of alkyl carbamates (subject to hydrolysis) is 1. The predicted molar refractivity (Wildman–Crippen MR) is 127 cm³/mol. The maximum atomic E-state index is 12.9. The second-order valence-corrected chi connectivity index (χ2v) is 8.32. The highest BCUT2D eigenvalue weighted by Crippen LogP contribution is 2.44. The summed E-state index contributed by atoms with van der Waals surface area (Å²) < 4.78 is 5.59. The van der Waals surface area contributed by atoms with Crippen LogP contribution >= 0.6 is 0 Å². The minimum absolute atomic E-state index is 0.0993. The molecule has 1 aliphatic rings. The minimum atomic E-state index is -1.02. The largest absolute Gasteiger partial charge is 0.481 e. The van der Waals surface area contributed by atoms with Gasteiger partial charge in [0, 0.05) is 12.0 Å². The molecule has 4 rings (SSSR count). The van der Waals surface area contributed by atoms with E-state index in [9.17, 15) is 14.4 Å². The van der Waals surface area contributed by atoms with Crippen molar-refractivity contribution in [2.45, 2.75) is 31.3 Å². The molecule has 7 nitrogen and oxygen atoms in total. The minimum Gasteiger partial charge on any atom is -0.481 e. The zero-order valence-electron chi connectivity index (χ0n) is 18.7. The summed E-state index contributed by atoms with van der Waals surface area (Å²) >= 11 is 0. The molecule has 0 heterocycles. The Labute approximate surface area is 197 Å². The molecule has 0 aliphatic heterocycles. The van der Waals surface area contributed by atoms with Crippen LogP contribution in [0, 0.1) is 0 Å². The summed E-state index contributed by atoms with van der Waals surface area (Å²) in [6, 6.07) is 23.2. The monoisotopic (exact) mass is 458 g/mol. The summed E-state index contributed by atoms with van der Waals surface area (Å²) in [4.78, 5) is 36.6. The van der Waals surface area contributed by atoms with Crippen molar-refractivity contribution < 1.29 is 24.2 Å². The van der Waals surface area contributed by atoms with Gasteiger partial charge >= 0.3 is 12.1 Å². The average molecular weight is 459 g/mol. The number of carboxylic acid groups (broad SMARTS) is 1. The van der Waals surface area contributed by atoms with Gasteiger partial charge in [-0.05, 0) is 34.7 Å². The number of benzene rings is 3. The number of rotatable bonds is 8. The Kier molecular flexibility index (Phi) is 6.92. The summed E-state index contributed by atoms with van der Waals surface area (Å²) in [7, 11) is 0. The first-order chi connectivity index (χ1) is 16.4. The second kappa shape index (κ2) is 10.2. The van der Waals surface area contributed by atoms with Gasteiger partial charge < -0.3 is 20.5 Å². The van der Waals surface area contributed by atoms with E-state index in [0.717, 1.165) is 22.3 Å². The van der Waals surface area contributed by atoms with Crippen LogP contribution in [0.3, 0.4) is 0 Å². The van der Waals surface area contributed by atoms with Crippen LogP contribution in [0.1, 0.15) is 42.0 Å². The first-order valence-electron chi connectivity index (χ1n) is 11.1. The highest BCUT2D eigenvalue weighted by molar-refractivity contribution is 5.87. The fourth-order valence-electron chi connectivity index (χ4n) is 4.34. The lowest BCUT2D eigenvalue weighted by Crippen LogP contribution is -2.44. The lowest BCUT2D eigenvalue weighted by molar-refractivity contribution is -0.137. The Hall–Kier alpha value is -4.13. The van der Waals surface area contributed by atoms with Crippen LogP contribution < -0.4 is 10.6 Å². The van der Waals surface area contributed by atoms with Gasteiger partial charge in [-0.1, -0.05) is 78.9 Å². The molecule has 3 N–H and O–H groups in total. The molecule has 7 heteroatoms. The van der Waals surface area contributed by atoms with Gasteiger partial charge in [0.2, 0.25) is 5.91 Å². The maximum Gasteiger partial charge on any atom is 0.408 e. The number of aliphatic carboxylic acids is 1. The second-order valence-electron chi connectivity index (χ2n) is 8.32. The van der Waals surface area contributed by atoms with Crippen LogP contribution in [0.5, 0.6) is 0 Å². The van der Waals surface area contributed by atoms with Crippen LogP contribution in [0.4, 0.5) is 4.79 Å². The van der Waals surface area contributed by atoms with E-state index in [1.165, 1.54) is 0 Å². The Morgan fingerprint density at radius 3 is 2.00 bits per heavy atom. The Balaban J connectivity index is 1.46. The number of hydrogen-bond donors (Lipinski definition) is 3. The first kappa shape index (κ1) is 23.0. The Bertz CT molecular complexity index is 1150. The number of carbonyl (C=O) groups is 3. The van der Waals surface area contributed by atoms with Gasteiger partial charge in [-0.25, -0.2) is 4.79 Å². The van der Waals surface area contributed by atoms with E-state index in [-0.39, 0.29) is 18.9 Å². The quantitative estimate of drug-likeness (QED) is 0.468. The molecule has 0 saturated heterocycles. The first-order valence-corrected chi connectivity index (χ1v) is 11.1. The van der Waals surface area contributed by atoms with Crippen molar-refractivity contribution in [3.63, 3.8) is 0 Å². The molecule has 2 atom stereocenters. The molecule has 0 aromatic heterocycles. The van der Waals surface area contributed by atoms with Crippen molar-refractivity contribution in [1.82, 2.24) is 10.6 Å². The van der Waals surface area contributed by atoms with Gasteiger partial charge in [0.1, 0.15) is 12.6 Å². The van der Waals surface area contributed by atoms with Crippen molar-refractivity contribution in [2.75, 3.05) is 6.61 Å². The van der Waals surface area contributed by atoms with E-state index < -0.39 is 30.1 Å². The molecule has 2 amide bonds. The molecular weight excluding hydrogens is 432 g/mol. The number of carbonyl (C=O) groups excluding carboxylic acids is 2. The highest BCUT2D eigenvalue weighted by atomic mass is 16.5. The Morgan fingerprint density at radius 1 is 0.853 bits per heavy atom. The summed E-state index contributed by atoms with van der Waals surface area (Å²) in [5.74, 6) is -1.63. The summed E-state index contributed by atoms with van der Waals surface area (Å²) in [5.41, 5.74) is 5.01. The van der Waals surface area contributed by atoms with Crippen molar-refractivity contribution in [2.24, 2.45) is 0 Å². The van der Waals surface area contributed by atoms with E-state index in [1.807, 2.05) is 36.4 Å². The molecule has 0 bridgehead atoms. The average Bonchev–Trinajstić information content (AvgIpc) is 3.15. The van der Waals surface area contributed by atoms with E-state index in [2.05, 4.69) is 22.8 Å². The number of nitrogens with one attached hydrogen (secondary N) is 2. The zero-order valence-corrected chi connectivity index (χ0v) is 18.7. The molecule has 1 unspecified atom stereocenters. The molecule has 0 fully saturated rings. The van der Waals surface area contributed by atoms with Crippen LogP contribution in [-0.2, 0) is 14.3 Å². The van der Waals surface area contributed by atoms with Crippen molar-refractivity contribution in [1.29, 1.82) is 0 Å². The number of amides is 2. The van der Waals surface area contributed by atoms with Gasteiger partial charge in [-0.3, -0.25) is 9.59 Å². The topological polar surface area (TPSA) is 105 Å². The van der Waals surface area contributed by atoms with Crippen molar-refractivity contribution in [3.8, 4) is 11.1 Å². The fourth-order valence-corrected chi connectivity index (χ4v) is 4.34. The number of carboxylic acids is 1. The summed E-state index contributed by atoms with van der Waals surface area (Å²) in [6.45, 7) is 1.72. The third kappa shape index (κ3) is 5.09. The van der Waals surface area contributed by atoms with Crippen LogP contribution in [0.15, 0.2) is 78.9 Å². The third-order valence-electron chi connectivity index (χ3n) is 5.87. The van der Waals surface area contributed by atoms with E-state index in [1.54, 1.807) is 37.3 Å². The summed E-state index contributed by atoms with van der Waals surface area (Å²) in [5, 5.41) is 14.3. The normalized spacial score (nSPS) is 13.8. The lowest BCUT2D eigenvalue weighted by atomic mass is 9.98. The van der Waals surface area contributed by atoms with Gasteiger partial charge in [-0.2, -0.15) is 0 Å². The van der Waals surface area contributed by atoms with Gasteiger partial charge in [0.25, 0.3) is 0 Å². The number of ether oxygens (including phenoxy) is 1. The molecule has 34 heavy (non-hydrogen) atoms. The van der Waals surface area contributed by atoms with Gasteiger partial charge in [0.05, 0.1) is 6.42 Å². The standard InChI is InChI=1S/C27H26N2O5/c1-17(15-24(30)31)28-26(32)25(18-9-3-2-4-10-18)29-27(33)34-16-23-21-13-7-5-11-19(21)20-12-6-8-14-22(20)23/h2-14,17,23,25H,15-16H2,1H3,(H,28,32)(H,29,33)(H,30,31)/t17-,25?/m0/s1. The number of fused-ring (bicyclic) bond motifs is 3. The van der Waals surface area contributed by atoms with Crippen LogP contribution in [0.25, 0.3) is 11.1 Å². The van der Waals surface area contributed by atoms with Gasteiger partial charge in [0.15, 0.2) is 0 Å². The molecule has 1 aliphatic carbocycles. The van der Waals surface area contributed by atoms with Gasteiger partial charge in [-0.15, -0.1) is 0 Å². The SMILES string of the molecule is C[C@@H](CC(=O)O)NC(=O)C(NC(=O)OCC1c2ccccc2-c2ccccc21)c1ccccc1. The van der Waals surface area contributed by atoms with Crippen molar-refractivity contribution in [3.05, 3.63) is 95.6 Å². The maximum absolute atomic E-state index is 12.9. The smallest absolute Gasteiger partial charge is 0.408 e. The lowest BCUT2D eigenvalue weighted by Gasteiger charge is -2.22. The molecule has 174 valence electrons. The van der Waals surface area contributed by atoms with Crippen LogP contribution in [-0.4, -0.2) is 35.7 Å². The molecule has 3 aromatic carbocycles. The molecule has 0 spiro atoms. The third-order valence-corrected chi connectivity index (χ3v) is 5.87.